The molecule has 0 bridgehead atoms. The molecule has 0 spiro atoms. The quantitative estimate of drug-likeness (QED) is 0.875. The molecule has 0 aromatic heterocycles. The number of rotatable bonds is 3. The molecule has 0 aliphatic rings. The van der Waals surface area contributed by atoms with Gasteiger partial charge in [-0.25, -0.2) is 4.79 Å². The highest BCUT2D eigenvalue weighted by atomic mass is 19.4. The van der Waals surface area contributed by atoms with Crippen LogP contribution in [-0.4, -0.2) is 19.0 Å². The van der Waals surface area contributed by atoms with Gasteiger partial charge in [0.25, 0.3) is 5.91 Å². The normalized spacial score (nSPS) is 11.0. The average molecular weight is 323 g/mol. The van der Waals surface area contributed by atoms with E-state index >= 15 is 0 Å². The van der Waals surface area contributed by atoms with Gasteiger partial charge < -0.3 is 10.1 Å². The number of nitrogens with one attached hydrogen (secondary N) is 1. The van der Waals surface area contributed by atoms with Crippen molar-refractivity contribution < 1.29 is 27.5 Å². The first-order valence-electron chi connectivity index (χ1n) is 6.48. The Morgan fingerprint density at radius 2 is 1.65 bits per heavy atom. The summed E-state index contributed by atoms with van der Waals surface area (Å²) in [5, 5.41) is 2.51. The van der Waals surface area contributed by atoms with E-state index in [0.717, 1.165) is 24.3 Å². The third-order valence-electron chi connectivity index (χ3n) is 3.02. The summed E-state index contributed by atoms with van der Waals surface area (Å²) in [5.41, 5.74) is -0.182. The van der Waals surface area contributed by atoms with Gasteiger partial charge in [0.05, 0.1) is 18.2 Å². The molecule has 0 fully saturated rings. The van der Waals surface area contributed by atoms with Crippen molar-refractivity contribution in [2.24, 2.45) is 0 Å². The molecule has 7 heteroatoms. The Balaban J connectivity index is 2.14. The minimum Gasteiger partial charge on any atom is -0.465 e. The summed E-state index contributed by atoms with van der Waals surface area (Å²) in [4.78, 5) is 23.4. The minimum atomic E-state index is -4.45. The number of benzene rings is 2. The fraction of sp³-hybridized carbons (Fsp3) is 0.125. The van der Waals surface area contributed by atoms with Crippen molar-refractivity contribution in [3.8, 4) is 0 Å². The van der Waals surface area contributed by atoms with Gasteiger partial charge in [-0.05, 0) is 42.5 Å². The Bertz CT molecular complexity index is 724. The second-order valence-electron chi connectivity index (χ2n) is 4.60. The van der Waals surface area contributed by atoms with Crippen molar-refractivity contribution in [2.75, 3.05) is 12.4 Å². The van der Waals surface area contributed by atoms with Crippen molar-refractivity contribution in [3.05, 3.63) is 65.2 Å². The number of halogens is 3. The first-order chi connectivity index (χ1) is 10.8. The molecule has 2 rings (SSSR count). The Morgan fingerprint density at radius 1 is 1.00 bits per heavy atom. The van der Waals surface area contributed by atoms with E-state index in [1.807, 2.05) is 0 Å². The highest BCUT2D eigenvalue weighted by Crippen LogP contribution is 2.29. The zero-order chi connectivity index (χ0) is 17.0. The topological polar surface area (TPSA) is 55.4 Å². The molecule has 23 heavy (non-hydrogen) atoms. The van der Waals surface area contributed by atoms with Crippen LogP contribution in [0.2, 0.25) is 0 Å². The molecule has 0 aliphatic heterocycles. The maximum absolute atomic E-state index is 12.5. The Labute approximate surface area is 129 Å². The van der Waals surface area contributed by atoms with Gasteiger partial charge in [-0.2, -0.15) is 13.2 Å². The monoisotopic (exact) mass is 323 g/mol. The number of carbonyl (C=O) groups excluding carboxylic acids is 2. The summed E-state index contributed by atoms with van der Waals surface area (Å²) < 4.78 is 42.0. The molecule has 2 aromatic rings. The summed E-state index contributed by atoms with van der Waals surface area (Å²) in [6, 6.07) is 9.86. The van der Waals surface area contributed by atoms with E-state index in [2.05, 4.69) is 10.1 Å². The zero-order valence-electron chi connectivity index (χ0n) is 12.0. The summed E-state index contributed by atoms with van der Waals surface area (Å²) in [5.74, 6) is -1.14. The maximum atomic E-state index is 12.5. The third-order valence-corrected chi connectivity index (χ3v) is 3.02. The van der Waals surface area contributed by atoms with Crippen molar-refractivity contribution >= 4 is 17.6 Å². The number of esters is 1. The van der Waals surface area contributed by atoms with Gasteiger partial charge >= 0.3 is 12.1 Å². The van der Waals surface area contributed by atoms with Crippen LogP contribution < -0.4 is 5.32 Å². The molecule has 0 aliphatic carbocycles. The van der Waals surface area contributed by atoms with Gasteiger partial charge in [-0.3, -0.25) is 4.79 Å². The van der Waals surface area contributed by atoms with E-state index in [-0.39, 0.29) is 11.1 Å². The van der Waals surface area contributed by atoms with Crippen LogP contribution in [-0.2, 0) is 10.9 Å². The lowest BCUT2D eigenvalue weighted by atomic mass is 10.1. The maximum Gasteiger partial charge on any atom is 0.416 e. The molecule has 2 aromatic carbocycles. The molecule has 0 heterocycles. The zero-order valence-corrected chi connectivity index (χ0v) is 12.0. The lowest BCUT2D eigenvalue weighted by molar-refractivity contribution is -0.137. The Morgan fingerprint density at radius 3 is 2.22 bits per heavy atom. The SMILES string of the molecule is COC(=O)c1cccc(NC(=O)c2ccc(C(F)(F)F)cc2)c1. The molecule has 0 saturated heterocycles. The molecule has 120 valence electrons. The van der Waals surface area contributed by atoms with Crippen LogP contribution in [0, 0.1) is 0 Å². The van der Waals surface area contributed by atoms with Crippen molar-refractivity contribution in [3.63, 3.8) is 0 Å². The molecule has 0 radical (unpaired) electrons. The molecule has 1 amide bonds. The fourth-order valence-electron chi connectivity index (χ4n) is 1.86. The second kappa shape index (κ2) is 6.51. The first-order valence-corrected chi connectivity index (χ1v) is 6.48. The fourth-order valence-corrected chi connectivity index (χ4v) is 1.86. The van der Waals surface area contributed by atoms with Crippen LogP contribution in [0.25, 0.3) is 0 Å². The van der Waals surface area contributed by atoms with E-state index in [1.165, 1.54) is 19.2 Å². The number of alkyl halides is 3. The minimum absolute atomic E-state index is 0.0708. The van der Waals surface area contributed by atoms with E-state index < -0.39 is 23.6 Å². The number of amides is 1. The van der Waals surface area contributed by atoms with Gasteiger partial charge in [0.1, 0.15) is 0 Å². The first kappa shape index (κ1) is 16.5. The number of anilines is 1. The smallest absolute Gasteiger partial charge is 0.416 e. The van der Waals surface area contributed by atoms with Crippen LogP contribution >= 0.6 is 0 Å². The summed E-state index contributed by atoms with van der Waals surface area (Å²) in [6.45, 7) is 0. The highest BCUT2D eigenvalue weighted by molar-refractivity contribution is 6.04. The molecule has 4 nitrogen and oxygen atoms in total. The van der Waals surface area contributed by atoms with Gasteiger partial charge in [-0.15, -0.1) is 0 Å². The van der Waals surface area contributed by atoms with Crippen LogP contribution in [0.3, 0.4) is 0 Å². The lowest BCUT2D eigenvalue weighted by Gasteiger charge is -2.09. The number of ether oxygens (including phenoxy) is 1. The van der Waals surface area contributed by atoms with E-state index in [0.29, 0.717) is 5.69 Å². The van der Waals surface area contributed by atoms with Crippen LogP contribution in [0.4, 0.5) is 18.9 Å². The summed E-state index contributed by atoms with van der Waals surface area (Å²) >= 11 is 0. The van der Waals surface area contributed by atoms with Crippen molar-refractivity contribution in [1.82, 2.24) is 0 Å². The molecular formula is C16H12F3NO3. The van der Waals surface area contributed by atoms with Crippen LogP contribution in [0.1, 0.15) is 26.3 Å². The van der Waals surface area contributed by atoms with Gasteiger partial charge in [0.15, 0.2) is 0 Å². The third kappa shape index (κ3) is 4.09. The van der Waals surface area contributed by atoms with Crippen molar-refractivity contribution in [1.29, 1.82) is 0 Å². The van der Waals surface area contributed by atoms with E-state index in [4.69, 9.17) is 0 Å². The van der Waals surface area contributed by atoms with Crippen molar-refractivity contribution in [2.45, 2.75) is 6.18 Å². The highest BCUT2D eigenvalue weighted by Gasteiger charge is 2.30. The number of hydrogen-bond donors (Lipinski definition) is 1. The lowest BCUT2D eigenvalue weighted by Crippen LogP contribution is -2.13. The predicted octanol–water partition coefficient (Wildman–Crippen LogP) is 3.74. The molecular weight excluding hydrogens is 311 g/mol. The molecule has 1 N–H and O–H groups in total. The van der Waals surface area contributed by atoms with Gasteiger partial charge in [0.2, 0.25) is 0 Å². The molecule has 0 atom stereocenters. The van der Waals surface area contributed by atoms with Gasteiger partial charge in [-0.1, -0.05) is 6.07 Å². The standard InChI is InChI=1S/C16H12F3NO3/c1-23-15(22)11-3-2-4-13(9-11)20-14(21)10-5-7-12(8-6-10)16(17,18)19/h2-9H,1H3,(H,20,21). The van der Waals surface area contributed by atoms with Crippen LogP contribution in [0.5, 0.6) is 0 Å². The molecule has 0 unspecified atom stereocenters. The summed E-state index contributed by atoms with van der Waals surface area (Å²) in [6.07, 6.45) is -4.45. The summed E-state index contributed by atoms with van der Waals surface area (Å²) in [7, 11) is 1.23. The number of methoxy groups -OCH3 is 1. The van der Waals surface area contributed by atoms with Gasteiger partial charge in [0, 0.05) is 11.3 Å². The predicted molar refractivity (Wildman–Crippen MR) is 77.2 cm³/mol. The second-order valence-corrected chi connectivity index (χ2v) is 4.60. The van der Waals surface area contributed by atoms with E-state index in [9.17, 15) is 22.8 Å². The molecule has 0 saturated carbocycles. The number of carbonyl (C=O) groups is 2. The number of hydrogen-bond acceptors (Lipinski definition) is 3. The Hall–Kier alpha value is -2.83. The van der Waals surface area contributed by atoms with Crippen LogP contribution in [0.15, 0.2) is 48.5 Å². The van der Waals surface area contributed by atoms with E-state index in [1.54, 1.807) is 12.1 Å². The largest absolute Gasteiger partial charge is 0.465 e. The Kier molecular flexibility index (Phi) is 4.68. The average Bonchev–Trinajstić information content (AvgIpc) is 2.53.